The summed E-state index contributed by atoms with van der Waals surface area (Å²) in [5.74, 6) is 0.249. The molecule has 1 aromatic rings. The summed E-state index contributed by atoms with van der Waals surface area (Å²) in [6.45, 7) is 6.58. The molecule has 1 unspecified atom stereocenters. The van der Waals surface area contributed by atoms with E-state index < -0.39 is 0 Å². The molecular weight excluding hydrogens is 266 g/mol. The summed E-state index contributed by atoms with van der Waals surface area (Å²) in [6.07, 6.45) is 8.42. The molecule has 0 bridgehead atoms. The van der Waals surface area contributed by atoms with Gasteiger partial charge in [-0.1, -0.05) is 0 Å². The van der Waals surface area contributed by atoms with E-state index >= 15 is 0 Å². The molecule has 5 heteroatoms. The number of nitrogens with zero attached hydrogens (tertiary/aromatic N) is 3. The molecular formula is C16H25N3O2. The van der Waals surface area contributed by atoms with Crippen LogP contribution >= 0.6 is 0 Å². The molecule has 1 atom stereocenters. The van der Waals surface area contributed by atoms with Crippen molar-refractivity contribution >= 4 is 5.91 Å². The Morgan fingerprint density at radius 3 is 2.95 bits per heavy atom. The van der Waals surface area contributed by atoms with Gasteiger partial charge in [-0.15, -0.1) is 0 Å². The second kappa shape index (κ2) is 5.79. The molecule has 0 radical (unpaired) electrons. The van der Waals surface area contributed by atoms with Crippen LogP contribution in [0.4, 0.5) is 0 Å². The van der Waals surface area contributed by atoms with Crippen molar-refractivity contribution < 1.29 is 9.53 Å². The van der Waals surface area contributed by atoms with Gasteiger partial charge in [0, 0.05) is 31.8 Å². The SMILES string of the molecule is CC(C)n1cncc1CN1CCC2(CCCO2)CCC1=O. The topological polar surface area (TPSA) is 47.4 Å². The van der Waals surface area contributed by atoms with Crippen LogP contribution in [0.25, 0.3) is 0 Å². The summed E-state index contributed by atoms with van der Waals surface area (Å²) >= 11 is 0. The van der Waals surface area contributed by atoms with Gasteiger partial charge in [0.05, 0.1) is 24.2 Å². The average Bonchev–Trinajstić information content (AvgIpc) is 3.07. The Balaban J connectivity index is 1.70. The highest BCUT2D eigenvalue weighted by Crippen LogP contribution is 2.36. The van der Waals surface area contributed by atoms with E-state index in [4.69, 9.17) is 4.74 Å². The van der Waals surface area contributed by atoms with Gasteiger partial charge >= 0.3 is 0 Å². The number of hydrogen-bond donors (Lipinski definition) is 0. The molecule has 0 saturated carbocycles. The Bertz CT molecular complexity index is 503. The van der Waals surface area contributed by atoms with Crippen LogP contribution in [0, 0.1) is 0 Å². The summed E-state index contributed by atoms with van der Waals surface area (Å²) in [6, 6.07) is 0.370. The van der Waals surface area contributed by atoms with E-state index in [1.165, 1.54) is 0 Å². The number of aromatic nitrogens is 2. The van der Waals surface area contributed by atoms with Crippen molar-refractivity contribution in [2.45, 2.75) is 64.1 Å². The van der Waals surface area contributed by atoms with Crippen molar-refractivity contribution in [3.63, 3.8) is 0 Å². The number of carbonyl (C=O) groups excluding carboxylic acids is 1. The first kappa shape index (κ1) is 14.6. The van der Waals surface area contributed by atoms with Crippen LogP contribution in [0.5, 0.6) is 0 Å². The number of amides is 1. The van der Waals surface area contributed by atoms with Crippen LogP contribution in [0.1, 0.15) is 57.7 Å². The zero-order valence-corrected chi connectivity index (χ0v) is 13.0. The highest BCUT2D eigenvalue weighted by molar-refractivity contribution is 5.76. The normalized spacial score (nSPS) is 26.8. The molecule has 2 fully saturated rings. The number of ether oxygens (including phenoxy) is 1. The Labute approximate surface area is 126 Å². The van der Waals surface area contributed by atoms with E-state index in [0.29, 0.717) is 19.0 Å². The first-order valence-corrected chi connectivity index (χ1v) is 8.02. The Hall–Kier alpha value is -1.36. The molecule has 21 heavy (non-hydrogen) atoms. The minimum Gasteiger partial charge on any atom is -0.375 e. The van der Waals surface area contributed by atoms with Crippen molar-refractivity contribution in [3.05, 3.63) is 18.2 Å². The van der Waals surface area contributed by atoms with Crippen LogP contribution in [0.3, 0.4) is 0 Å². The first-order chi connectivity index (χ1) is 10.1. The monoisotopic (exact) mass is 291 g/mol. The van der Waals surface area contributed by atoms with Crippen LogP contribution in [-0.2, 0) is 16.1 Å². The third-order valence-electron chi connectivity index (χ3n) is 4.82. The second-order valence-electron chi connectivity index (χ2n) is 6.59. The summed E-state index contributed by atoms with van der Waals surface area (Å²) in [5.41, 5.74) is 1.09. The molecule has 0 aromatic carbocycles. The van der Waals surface area contributed by atoms with Gasteiger partial charge < -0.3 is 14.2 Å². The van der Waals surface area contributed by atoms with E-state index in [9.17, 15) is 4.79 Å². The van der Waals surface area contributed by atoms with Gasteiger partial charge in [-0.3, -0.25) is 4.79 Å². The smallest absolute Gasteiger partial charge is 0.223 e. The lowest BCUT2D eigenvalue weighted by molar-refractivity contribution is -0.131. The van der Waals surface area contributed by atoms with Crippen molar-refractivity contribution in [2.75, 3.05) is 13.2 Å². The lowest BCUT2D eigenvalue weighted by Gasteiger charge is -2.27. The molecule has 0 N–H and O–H groups in total. The highest BCUT2D eigenvalue weighted by Gasteiger charge is 2.38. The van der Waals surface area contributed by atoms with E-state index in [1.54, 1.807) is 0 Å². The Morgan fingerprint density at radius 2 is 2.24 bits per heavy atom. The van der Waals surface area contributed by atoms with E-state index in [1.807, 2.05) is 17.4 Å². The molecule has 0 aliphatic carbocycles. The summed E-state index contributed by atoms with van der Waals surface area (Å²) < 4.78 is 8.10. The van der Waals surface area contributed by atoms with Crippen molar-refractivity contribution in [1.29, 1.82) is 0 Å². The fraction of sp³-hybridized carbons (Fsp3) is 0.750. The summed E-state index contributed by atoms with van der Waals surface area (Å²) in [4.78, 5) is 18.6. The Kier molecular flexibility index (Phi) is 4.02. The highest BCUT2D eigenvalue weighted by atomic mass is 16.5. The fourth-order valence-electron chi connectivity index (χ4n) is 3.51. The van der Waals surface area contributed by atoms with Gasteiger partial charge in [0.1, 0.15) is 0 Å². The lowest BCUT2D eigenvalue weighted by Crippen LogP contribution is -2.32. The molecule has 3 heterocycles. The maximum Gasteiger partial charge on any atom is 0.223 e. The molecule has 2 aliphatic heterocycles. The van der Waals surface area contributed by atoms with E-state index in [2.05, 4.69) is 23.4 Å². The minimum absolute atomic E-state index is 0.0251. The molecule has 5 nitrogen and oxygen atoms in total. The van der Waals surface area contributed by atoms with Crippen molar-refractivity contribution in [3.8, 4) is 0 Å². The van der Waals surface area contributed by atoms with Crippen LogP contribution in [0.2, 0.25) is 0 Å². The molecule has 116 valence electrons. The first-order valence-electron chi connectivity index (χ1n) is 8.02. The summed E-state index contributed by atoms with van der Waals surface area (Å²) in [7, 11) is 0. The van der Waals surface area contributed by atoms with Crippen LogP contribution in [0.15, 0.2) is 12.5 Å². The maximum atomic E-state index is 12.4. The molecule has 3 rings (SSSR count). The second-order valence-corrected chi connectivity index (χ2v) is 6.59. The van der Waals surface area contributed by atoms with Gasteiger partial charge in [0.2, 0.25) is 5.91 Å². The van der Waals surface area contributed by atoms with Gasteiger partial charge in [-0.05, 0) is 39.5 Å². The lowest BCUT2D eigenvalue weighted by atomic mass is 9.92. The largest absolute Gasteiger partial charge is 0.375 e. The number of imidazole rings is 1. The quantitative estimate of drug-likeness (QED) is 0.859. The van der Waals surface area contributed by atoms with Crippen molar-refractivity contribution in [2.24, 2.45) is 0 Å². The maximum absolute atomic E-state index is 12.4. The minimum atomic E-state index is -0.0251. The van der Waals surface area contributed by atoms with Gasteiger partial charge in [-0.25, -0.2) is 4.98 Å². The Morgan fingerprint density at radius 1 is 1.38 bits per heavy atom. The number of likely N-dealkylation sites (tertiary alicyclic amines) is 1. The van der Waals surface area contributed by atoms with Gasteiger partial charge in [-0.2, -0.15) is 0 Å². The molecule has 1 amide bonds. The third-order valence-corrected chi connectivity index (χ3v) is 4.82. The predicted molar refractivity (Wildman–Crippen MR) is 79.8 cm³/mol. The third kappa shape index (κ3) is 2.98. The van der Waals surface area contributed by atoms with E-state index in [-0.39, 0.29) is 11.5 Å². The number of carbonyl (C=O) groups is 1. The predicted octanol–water partition coefficient (Wildman–Crippen LogP) is 2.53. The van der Waals surface area contributed by atoms with Crippen molar-refractivity contribution in [1.82, 2.24) is 14.5 Å². The zero-order valence-electron chi connectivity index (χ0n) is 13.0. The molecule has 2 saturated heterocycles. The standard InChI is InChI=1S/C16H25N3O2/c1-13(2)19-12-17-10-14(19)11-18-8-7-16(5-3-9-21-16)6-4-15(18)20/h10,12-13H,3-9,11H2,1-2H3. The van der Waals surface area contributed by atoms with Gasteiger partial charge in [0.25, 0.3) is 0 Å². The average molecular weight is 291 g/mol. The summed E-state index contributed by atoms with van der Waals surface area (Å²) in [5, 5.41) is 0. The van der Waals surface area contributed by atoms with Gasteiger partial charge in [0.15, 0.2) is 0 Å². The zero-order chi connectivity index (χ0) is 14.9. The van der Waals surface area contributed by atoms with Crippen LogP contribution in [-0.4, -0.2) is 39.1 Å². The van der Waals surface area contributed by atoms with Crippen LogP contribution < -0.4 is 0 Å². The fourth-order valence-corrected chi connectivity index (χ4v) is 3.51. The number of hydrogen-bond acceptors (Lipinski definition) is 3. The molecule has 1 spiro atoms. The molecule has 1 aromatic heterocycles. The van der Waals surface area contributed by atoms with E-state index in [0.717, 1.165) is 44.5 Å². The number of rotatable bonds is 3. The molecule has 2 aliphatic rings.